The summed E-state index contributed by atoms with van der Waals surface area (Å²) >= 11 is 1.37. The van der Waals surface area contributed by atoms with Gasteiger partial charge in [0.05, 0.1) is 17.0 Å². The summed E-state index contributed by atoms with van der Waals surface area (Å²) in [6.45, 7) is 7.95. The molecule has 1 aromatic heterocycles. The van der Waals surface area contributed by atoms with Crippen LogP contribution < -0.4 is 10.0 Å². The molecule has 0 spiro atoms. The summed E-state index contributed by atoms with van der Waals surface area (Å²) < 4.78 is 26.0. The number of carbonyl (C=O) groups excluding carboxylic acids is 1. The van der Waals surface area contributed by atoms with E-state index in [0.29, 0.717) is 22.7 Å². The zero-order chi connectivity index (χ0) is 18.7. The Morgan fingerprint density at radius 3 is 2.28 bits per heavy atom. The van der Waals surface area contributed by atoms with Crippen LogP contribution >= 0.6 is 11.3 Å². The Kier molecular flexibility index (Phi) is 5.84. The van der Waals surface area contributed by atoms with Gasteiger partial charge in [0.25, 0.3) is 5.91 Å². The Morgan fingerprint density at radius 2 is 1.76 bits per heavy atom. The number of amides is 1. The molecule has 0 aliphatic rings. The molecular formula is C17H23N3O3S2. The minimum Gasteiger partial charge on any atom is -0.321 e. The number of hydrogen-bond donors (Lipinski definition) is 2. The Hall–Kier alpha value is -1.93. The fourth-order valence-electron chi connectivity index (χ4n) is 2.04. The molecule has 2 N–H and O–H groups in total. The van der Waals surface area contributed by atoms with Crippen LogP contribution in [0.1, 0.15) is 48.8 Å². The summed E-state index contributed by atoms with van der Waals surface area (Å²) in [6, 6.07) is 6.56. The molecule has 0 aliphatic heterocycles. The number of thiazole rings is 1. The number of aromatic nitrogens is 1. The van der Waals surface area contributed by atoms with Crippen molar-refractivity contribution >= 4 is 38.6 Å². The first-order valence-electron chi connectivity index (χ1n) is 7.99. The summed E-state index contributed by atoms with van der Waals surface area (Å²) in [5, 5.41) is 3.69. The van der Waals surface area contributed by atoms with E-state index < -0.39 is 10.0 Å². The van der Waals surface area contributed by atoms with Gasteiger partial charge in [-0.05, 0) is 30.7 Å². The van der Waals surface area contributed by atoms with E-state index in [1.165, 1.54) is 11.3 Å². The number of anilines is 2. The lowest BCUT2D eigenvalue weighted by atomic mass is 9.98. The number of rotatable bonds is 6. The van der Waals surface area contributed by atoms with Crippen molar-refractivity contribution in [3.8, 4) is 0 Å². The zero-order valence-electron chi connectivity index (χ0n) is 14.8. The molecule has 6 nitrogen and oxygen atoms in total. The molecule has 1 aromatic carbocycles. The van der Waals surface area contributed by atoms with E-state index in [2.05, 4.69) is 15.0 Å². The van der Waals surface area contributed by atoms with E-state index in [-0.39, 0.29) is 17.1 Å². The molecular weight excluding hydrogens is 358 g/mol. The lowest BCUT2D eigenvalue weighted by Gasteiger charge is -2.13. The van der Waals surface area contributed by atoms with Crippen LogP contribution in [0.5, 0.6) is 0 Å². The first-order chi connectivity index (χ1) is 11.6. The molecule has 8 heteroatoms. The Bertz CT molecular complexity index is 835. The molecule has 0 radical (unpaired) electrons. The average Bonchev–Trinajstić information content (AvgIpc) is 2.99. The predicted molar refractivity (Wildman–Crippen MR) is 103 cm³/mol. The van der Waals surface area contributed by atoms with E-state index in [4.69, 9.17) is 0 Å². The Balaban J connectivity index is 2.03. The van der Waals surface area contributed by atoms with Crippen LogP contribution in [-0.2, 0) is 15.4 Å². The summed E-state index contributed by atoms with van der Waals surface area (Å²) in [4.78, 5) is 17.1. The molecule has 0 atom stereocenters. The predicted octanol–water partition coefficient (Wildman–Crippen LogP) is 3.84. The first kappa shape index (κ1) is 19.4. The van der Waals surface area contributed by atoms with Crippen LogP contribution in [0, 0.1) is 0 Å². The lowest BCUT2D eigenvalue weighted by Crippen LogP contribution is -2.16. The highest BCUT2D eigenvalue weighted by Crippen LogP contribution is 2.27. The molecule has 2 aromatic rings. The highest BCUT2D eigenvalue weighted by molar-refractivity contribution is 7.92. The van der Waals surface area contributed by atoms with Gasteiger partial charge >= 0.3 is 0 Å². The quantitative estimate of drug-likeness (QED) is 0.795. The third kappa shape index (κ3) is 5.54. The van der Waals surface area contributed by atoms with Gasteiger partial charge < -0.3 is 5.32 Å². The van der Waals surface area contributed by atoms with Crippen LogP contribution in [0.2, 0.25) is 0 Å². The summed E-state index contributed by atoms with van der Waals surface area (Å²) in [5.41, 5.74) is 0.967. The second-order valence-electron chi connectivity index (χ2n) is 6.73. The van der Waals surface area contributed by atoms with Crippen molar-refractivity contribution in [2.75, 3.05) is 15.8 Å². The molecule has 136 valence electrons. The van der Waals surface area contributed by atoms with E-state index >= 15 is 0 Å². The zero-order valence-corrected chi connectivity index (χ0v) is 16.4. The minimum atomic E-state index is -3.32. The number of hydrogen-bond acceptors (Lipinski definition) is 5. The van der Waals surface area contributed by atoms with Gasteiger partial charge in [0.2, 0.25) is 10.0 Å². The van der Waals surface area contributed by atoms with Crippen molar-refractivity contribution < 1.29 is 13.2 Å². The third-order valence-electron chi connectivity index (χ3n) is 3.26. The minimum absolute atomic E-state index is 0.0764. The molecule has 1 heterocycles. The van der Waals surface area contributed by atoms with Crippen LogP contribution in [-0.4, -0.2) is 25.1 Å². The van der Waals surface area contributed by atoms with Crippen molar-refractivity contribution in [2.24, 2.45) is 0 Å². The van der Waals surface area contributed by atoms with Gasteiger partial charge in [-0.3, -0.25) is 9.52 Å². The van der Waals surface area contributed by atoms with Gasteiger partial charge in [0.1, 0.15) is 4.88 Å². The van der Waals surface area contributed by atoms with Crippen LogP contribution in [0.25, 0.3) is 0 Å². The molecule has 0 fully saturated rings. The molecule has 0 saturated heterocycles. The number of carbonyl (C=O) groups is 1. The third-order valence-corrected chi connectivity index (χ3v) is 6.17. The van der Waals surface area contributed by atoms with Crippen molar-refractivity contribution in [2.45, 2.75) is 39.5 Å². The summed E-state index contributed by atoms with van der Waals surface area (Å²) in [5.74, 6) is -0.153. The Labute approximate surface area is 152 Å². The normalized spacial score (nSPS) is 12.0. The fourth-order valence-corrected chi connectivity index (χ4v) is 4.04. The second kappa shape index (κ2) is 7.53. The second-order valence-corrected chi connectivity index (χ2v) is 9.60. The van der Waals surface area contributed by atoms with Crippen molar-refractivity contribution in [1.82, 2.24) is 4.98 Å². The molecule has 0 saturated carbocycles. The molecule has 2 rings (SSSR count). The van der Waals surface area contributed by atoms with Gasteiger partial charge in [0, 0.05) is 16.8 Å². The van der Waals surface area contributed by atoms with Crippen LogP contribution in [0.3, 0.4) is 0 Å². The number of nitrogens with zero attached hydrogens (tertiary/aromatic N) is 1. The SMILES string of the molecule is CCCS(=O)(=O)Nc1ccc(NC(=O)c2cnc(C(C)(C)C)s2)cc1. The fraction of sp³-hybridized carbons (Fsp3) is 0.412. The van der Waals surface area contributed by atoms with E-state index in [1.54, 1.807) is 30.5 Å². The molecule has 0 unspecified atom stereocenters. The van der Waals surface area contributed by atoms with Crippen molar-refractivity contribution in [3.05, 3.63) is 40.3 Å². The van der Waals surface area contributed by atoms with Gasteiger partial charge in [-0.2, -0.15) is 0 Å². The maximum Gasteiger partial charge on any atom is 0.267 e. The van der Waals surface area contributed by atoms with E-state index in [1.807, 2.05) is 27.7 Å². The summed E-state index contributed by atoms with van der Waals surface area (Å²) in [7, 11) is -3.32. The molecule has 1 amide bonds. The maximum atomic E-state index is 12.3. The first-order valence-corrected chi connectivity index (χ1v) is 10.5. The number of nitrogens with one attached hydrogen (secondary N) is 2. The van der Waals surface area contributed by atoms with Crippen LogP contribution in [0.4, 0.5) is 11.4 Å². The smallest absolute Gasteiger partial charge is 0.267 e. The van der Waals surface area contributed by atoms with Gasteiger partial charge in [-0.1, -0.05) is 27.7 Å². The van der Waals surface area contributed by atoms with E-state index in [0.717, 1.165) is 5.01 Å². The standard InChI is InChI=1S/C17H23N3O3S2/c1-5-10-25(22,23)20-13-8-6-12(7-9-13)19-15(21)14-11-18-16(24-14)17(2,3)4/h6-9,11,20H,5,10H2,1-4H3,(H,19,21). The molecule has 0 bridgehead atoms. The number of benzene rings is 1. The monoisotopic (exact) mass is 381 g/mol. The van der Waals surface area contributed by atoms with Crippen molar-refractivity contribution in [3.63, 3.8) is 0 Å². The summed E-state index contributed by atoms with van der Waals surface area (Å²) in [6.07, 6.45) is 2.13. The highest BCUT2D eigenvalue weighted by atomic mass is 32.2. The van der Waals surface area contributed by atoms with Gasteiger partial charge in [0.15, 0.2) is 0 Å². The maximum absolute atomic E-state index is 12.3. The average molecular weight is 382 g/mol. The molecule has 25 heavy (non-hydrogen) atoms. The van der Waals surface area contributed by atoms with Gasteiger partial charge in [-0.25, -0.2) is 13.4 Å². The number of sulfonamides is 1. The highest BCUT2D eigenvalue weighted by Gasteiger charge is 2.20. The van der Waals surface area contributed by atoms with Gasteiger partial charge in [-0.15, -0.1) is 11.3 Å². The molecule has 0 aliphatic carbocycles. The topological polar surface area (TPSA) is 88.2 Å². The lowest BCUT2D eigenvalue weighted by molar-refractivity contribution is 0.103. The Morgan fingerprint density at radius 1 is 1.16 bits per heavy atom. The largest absolute Gasteiger partial charge is 0.321 e. The van der Waals surface area contributed by atoms with Crippen LogP contribution in [0.15, 0.2) is 30.5 Å². The van der Waals surface area contributed by atoms with E-state index in [9.17, 15) is 13.2 Å². The van der Waals surface area contributed by atoms with Crippen molar-refractivity contribution in [1.29, 1.82) is 0 Å².